The Bertz CT molecular complexity index is 1060. The monoisotopic (exact) mass is 436 g/mol. The molecule has 1 saturated heterocycles. The molecule has 0 spiro atoms. The lowest BCUT2D eigenvalue weighted by Gasteiger charge is -2.30. The van der Waals surface area contributed by atoms with E-state index in [-0.39, 0.29) is 18.1 Å². The fourth-order valence-electron chi connectivity index (χ4n) is 4.65. The molecular weight excluding hydrogens is 408 g/mol. The van der Waals surface area contributed by atoms with Gasteiger partial charge in [-0.3, -0.25) is 9.59 Å². The topological polar surface area (TPSA) is 127 Å². The molecule has 1 saturated carbocycles. The van der Waals surface area contributed by atoms with Gasteiger partial charge in [-0.1, -0.05) is 6.07 Å². The van der Waals surface area contributed by atoms with Crippen molar-refractivity contribution in [3.8, 4) is 22.8 Å². The van der Waals surface area contributed by atoms with Crippen LogP contribution in [-0.2, 0) is 16.0 Å². The third-order valence-corrected chi connectivity index (χ3v) is 6.68. The summed E-state index contributed by atoms with van der Waals surface area (Å²) >= 11 is 0. The zero-order chi connectivity index (χ0) is 22.2. The fourth-order valence-corrected chi connectivity index (χ4v) is 4.65. The molecule has 168 valence electrons. The van der Waals surface area contributed by atoms with Gasteiger partial charge < -0.3 is 26.2 Å². The van der Waals surface area contributed by atoms with E-state index in [0.29, 0.717) is 35.3 Å². The van der Waals surface area contributed by atoms with Gasteiger partial charge in [-0.2, -0.15) is 0 Å². The van der Waals surface area contributed by atoms with Crippen LogP contribution in [0, 0.1) is 11.8 Å². The van der Waals surface area contributed by atoms with Crippen LogP contribution in [0.3, 0.4) is 0 Å². The second-order valence-corrected chi connectivity index (χ2v) is 9.00. The summed E-state index contributed by atoms with van der Waals surface area (Å²) in [6.07, 6.45) is 4.46. The molecule has 8 heteroatoms. The van der Waals surface area contributed by atoms with E-state index in [1.54, 1.807) is 12.1 Å². The number of phenols is 1. The highest BCUT2D eigenvalue weighted by atomic mass is 16.5. The summed E-state index contributed by atoms with van der Waals surface area (Å²) < 4.78 is 6.04. The molecule has 2 amide bonds. The van der Waals surface area contributed by atoms with Crippen molar-refractivity contribution in [2.24, 2.45) is 17.6 Å². The number of fused-ring (bicyclic) bond motifs is 1. The van der Waals surface area contributed by atoms with E-state index in [9.17, 15) is 14.7 Å². The van der Waals surface area contributed by atoms with Crippen LogP contribution in [0.2, 0.25) is 0 Å². The van der Waals surface area contributed by atoms with Crippen molar-refractivity contribution in [2.45, 2.75) is 38.0 Å². The van der Waals surface area contributed by atoms with Crippen LogP contribution in [0.15, 0.2) is 24.3 Å². The van der Waals surface area contributed by atoms with Crippen molar-refractivity contribution in [3.05, 3.63) is 35.4 Å². The average molecular weight is 437 g/mol. The van der Waals surface area contributed by atoms with Crippen molar-refractivity contribution in [2.75, 3.05) is 25.0 Å². The van der Waals surface area contributed by atoms with Gasteiger partial charge in [0.25, 0.3) is 0 Å². The Hall–Kier alpha value is -3.13. The number of phenolic OH excluding ortho intramolecular Hbond substituents is 1. The van der Waals surface area contributed by atoms with Crippen molar-refractivity contribution in [3.63, 3.8) is 0 Å². The Balaban J connectivity index is 1.61. The van der Waals surface area contributed by atoms with E-state index in [0.717, 1.165) is 49.9 Å². The molecule has 1 unspecified atom stereocenters. The number of amides is 2. The zero-order valence-corrected chi connectivity index (χ0v) is 17.9. The molecule has 5 rings (SSSR count). The van der Waals surface area contributed by atoms with Crippen LogP contribution in [0.5, 0.6) is 11.5 Å². The molecule has 1 atom stereocenters. The highest BCUT2D eigenvalue weighted by Crippen LogP contribution is 2.43. The highest BCUT2D eigenvalue weighted by Gasteiger charge is 2.35. The minimum absolute atomic E-state index is 0.0826. The maximum atomic E-state index is 12.5. The van der Waals surface area contributed by atoms with E-state index in [1.165, 1.54) is 0 Å². The van der Waals surface area contributed by atoms with Gasteiger partial charge in [0.05, 0.1) is 17.9 Å². The van der Waals surface area contributed by atoms with Gasteiger partial charge in [0.15, 0.2) is 0 Å². The molecule has 8 nitrogen and oxygen atoms in total. The van der Waals surface area contributed by atoms with Gasteiger partial charge in [0.2, 0.25) is 11.8 Å². The minimum atomic E-state index is -0.904. The van der Waals surface area contributed by atoms with Gasteiger partial charge >= 0.3 is 0 Å². The van der Waals surface area contributed by atoms with E-state index >= 15 is 0 Å². The summed E-state index contributed by atoms with van der Waals surface area (Å²) in [5.41, 5.74) is 8.48. The molecule has 2 aliphatic heterocycles. The minimum Gasteiger partial charge on any atom is -0.507 e. The molecule has 5 N–H and O–H groups in total. The van der Waals surface area contributed by atoms with Gasteiger partial charge in [-0.25, -0.2) is 4.98 Å². The quantitative estimate of drug-likeness (QED) is 0.515. The molecule has 32 heavy (non-hydrogen) atoms. The predicted molar refractivity (Wildman–Crippen MR) is 119 cm³/mol. The number of benzene rings is 1. The third-order valence-electron chi connectivity index (χ3n) is 6.68. The van der Waals surface area contributed by atoms with Crippen LogP contribution in [0.25, 0.3) is 11.3 Å². The summed E-state index contributed by atoms with van der Waals surface area (Å²) in [6, 6.07) is 7.20. The van der Waals surface area contributed by atoms with Crippen LogP contribution in [0.1, 0.15) is 42.7 Å². The lowest BCUT2D eigenvalue weighted by Crippen LogP contribution is -2.40. The summed E-state index contributed by atoms with van der Waals surface area (Å²) in [4.78, 5) is 29.1. The van der Waals surface area contributed by atoms with Gasteiger partial charge in [-0.15, -0.1) is 0 Å². The number of nitrogens with one attached hydrogen (secondary N) is 2. The van der Waals surface area contributed by atoms with Crippen molar-refractivity contribution >= 4 is 17.6 Å². The number of carbonyl (C=O) groups is 2. The maximum absolute atomic E-state index is 12.5. The second kappa shape index (κ2) is 8.43. The summed E-state index contributed by atoms with van der Waals surface area (Å²) in [5, 5.41) is 16.9. The molecule has 3 heterocycles. The summed E-state index contributed by atoms with van der Waals surface area (Å²) in [5.74, 6) is -0.0441. The number of aromatic nitrogens is 1. The Kier molecular flexibility index (Phi) is 5.46. The number of nitrogens with zero attached hydrogens (tertiary/aromatic N) is 1. The third kappa shape index (κ3) is 4.02. The maximum Gasteiger partial charge on any atom is 0.238 e. The first-order chi connectivity index (χ1) is 15.5. The van der Waals surface area contributed by atoms with Crippen molar-refractivity contribution in [1.29, 1.82) is 0 Å². The van der Waals surface area contributed by atoms with Gasteiger partial charge in [0.1, 0.15) is 23.2 Å². The number of carbonyl (C=O) groups excluding carboxylic acids is 2. The molecule has 1 aromatic carbocycles. The first-order valence-electron chi connectivity index (χ1n) is 11.3. The van der Waals surface area contributed by atoms with Crippen LogP contribution in [-0.4, -0.2) is 41.6 Å². The number of ether oxygens (including phenoxy) is 1. The number of primary amides is 1. The number of hydrogen-bond acceptors (Lipinski definition) is 6. The SMILES string of the molecule is NC(=O)C1Cc2c(C3CCNCC3)cc(-c3c(O)cccc3OCC3CC3)nc2NC1=O. The first-order valence-corrected chi connectivity index (χ1v) is 11.3. The Morgan fingerprint density at radius 3 is 2.72 bits per heavy atom. The molecule has 1 aliphatic carbocycles. The molecule has 2 aromatic rings. The molecule has 1 aromatic heterocycles. The van der Waals surface area contributed by atoms with E-state index in [1.807, 2.05) is 12.1 Å². The van der Waals surface area contributed by atoms with E-state index in [4.69, 9.17) is 15.5 Å². The van der Waals surface area contributed by atoms with E-state index in [2.05, 4.69) is 10.6 Å². The van der Waals surface area contributed by atoms with Gasteiger partial charge in [0, 0.05) is 0 Å². The number of hydrogen-bond donors (Lipinski definition) is 4. The van der Waals surface area contributed by atoms with Crippen LogP contribution in [0.4, 0.5) is 5.82 Å². The lowest BCUT2D eigenvalue weighted by atomic mass is 9.82. The molecule has 0 bridgehead atoms. The number of rotatable bonds is 6. The Morgan fingerprint density at radius 1 is 1.22 bits per heavy atom. The van der Waals surface area contributed by atoms with Crippen LogP contribution < -0.4 is 21.1 Å². The van der Waals surface area contributed by atoms with Crippen molar-refractivity contribution < 1.29 is 19.4 Å². The predicted octanol–water partition coefficient (Wildman–Crippen LogP) is 2.31. The smallest absolute Gasteiger partial charge is 0.238 e. The standard InChI is InChI=1S/C24H28N4O4/c25-22(30)17-10-16-15(14-6-8-26-9-7-14)11-18(27-23(16)28-24(17)31)21-19(29)2-1-3-20(21)32-12-13-4-5-13/h1-3,11,13-14,17,26,29H,4-10,12H2,(H2,25,30)(H,27,28,31). The number of anilines is 1. The normalized spacial score (nSPS) is 21.0. The second-order valence-electron chi connectivity index (χ2n) is 9.00. The number of aromatic hydroxyl groups is 1. The first kappa shape index (κ1) is 20.8. The Labute approximate surface area is 186 Å². The van der Waals surface area contributed by atoms with Crippen molar-refractivity contribution in [1.82, 2.24) is 10.3 Å². The molecule has 3 aliphatic rings. The number of pyridine rings is 1. The van der Waals surface area contributed by atoms with Gasteiger partial charge in [-0.05, 0) is 86.4 Å². The molecule has 0 radical (unpaired) electrons. The Morgan fingerprint density at radius 2 is 2.00 bits per heavy atom. The summed E-state index contributed by atoms with van der Waals surface area (Å²) in [7, 11) is 0. The zero-order valence-electron chi connectivity index (χ0n) is 17.9. The largest absolute Gasteiger partial charge is 0.507 e. The average Bonchev–Trinajstić information content (AvgIpc) is 3.61. The molecular formula is C24H28N4O4. The highest BCUT2D eigenvalue weighted by molar-refractivity contribution is 6.08. The summed E-state index contributed by atoms with van der Waals surface area (Å²) in [6.45, 7) is 2.41. The van der Waals surface area contributed by atoms with E-state index < -0.39 is 17.7 Å². The lowest BCUT2D eigenvalue weighted by molar-refractivity contribution is -0.130. The molecule has 2 fully saturated rings. The van der Waals surface area contributed by atoms with Crippen LogP contribution >= 0.6 is 0 Å². The fraction of sp³-hybridized carbons (Fsp3) is 0.458. The number of nitrogens with two attached hydrogens (primary N) is 1. The number of piperidine rings is 1.